The standard InChI is InChI=1S/C12H8Cl2N2S/c13-10-2-1-3-11(14)12(10)16-6-9-4-8(5-15)7-17-9/h1-4,7,16H,6H2. The molecule has 0 aliphatic carbocycles. The van der Waals surface area contributed by atoms with Crippen LogP contribution in [0, 0.1) is 11.3 Å². The Morgan fingerprint density at radius 1 is 1.29 bits per heavy atom. The van der Waals surface area contributed by atoms with Crippen molar-refractivity contribution in [2.24, 2.45) is 0 Å². The molecule has 5 heteroatoms. The summed E-state index contributed by atoms with van der Waals surface area (Å²) in [5.41, 5.74) is 1.40. The van der Waals surface area contributed by atoms with E-state index in [1.807, 2.05) is 11.4 Å². The number of hydrogen-bond donors (Lipinski definition) is 1. The minimum atomic E-state index is 0.592. The van der Waals surface area contributed by atoms with Crippen LogP contribution in [0.4, 0.5) is 5.69 Å². The molecule has 1 aromatic heterocycles. The number of nitrogens with zero attached hydrogens (tertiary/aromatic N) is 1. The first kappa shape index (κ1) is 12.3. The van der Waals surface area contributed by atoms with Gasteiger partial charge in [-0.15, -0.1) is 11.3 Å². The van der Waals surface area contributed by atoms with Gasteiger partial charge in [-0.1, -0.05) is 29.3 Å². The number of anilines is 1. The van der Waals surface area contributed by atoms with Crippen LogP contribution >= 0.6 is 34.5 Å². The number of benzene rings is 1. The lowest BCUT2D eigenvalue weighted by Gasteiger charge is -2.08. The minimum Gasteiger partial charge on any atom is -0.378 e. The monoisotopic (exact) mass is 282 g/mol. The summed E-state index contributed by atoms with van der Waals surface area (Å²) in [5, 5.41) is 14.9. The van der Waals surface area contributed by atoms with E-state index in [1.165, 1.54) is 11.3 Å². The van der Waals surface area contributed by atoms with Crippen LogP contribution in [-0.2, 0) is 6.54 Å². The van der Waals surface area contributed by atoms with E-state index in [2.05, 4.69) is 11.4 Å². The Labute approximate surface area is 113 Å². The maximum Gasteiger partial charge on any atom is 0.100 e. The fourth-order valence-corrected chi connectivity index (χ4v) is 2.65. The van der Waals surface area contributed by atoms with Gasteiger partial charge in [0.15, 0.2) is 0 Å². The second kappa shape index (κ2) is 5.42. The van der Waals surface area contributed by atoms with E-state index in [-0.39, 0.29) is 0 Å². The Bertz CT molecular complexity index is 552. The molecular weight excluding hydrogens is 275 g/mol. The van der Waals surface area contributed by atoms with E-state index in [4.69, 9.17) is 28.5 Å². The van der Waals surface area contributed by atoms with Crippen LogP contribution in [0.25, 0.3) is 0 Å². The van der Waals surface area contributed by atoms with Crippen molar-refractivity contribution in [1.82, 2.24) is 0 Å². The zero-order valence-corrected chi connectivity index (χ0v) is 11.0. The van der Waals surface area contributed by atoms with Gasteiger partial charge in [0.25, 0.3) is 0 Å². The van der Waals surface area contributed by atoms with Crippen molar-refractivity contribution in [2.75, 3.05) is 5.32 Å². The SMILES string of the molecule is N#Cc1csc(CNc2c(Cl)cccc2Cl)c1. The normalized spacial score (nSPS) is 9.94. The van der Waals surface area contributed by atoms with Crippen molar-refractivity contribution in [3.05, 3.63) is 50.1 Å². The first-order valence-corrected chi connectivity index (χ1v) is 6.49. The summed E-state index contributed by atoms with van der Waals surface area (Å²) in [7, 11) is 0. The molecule has 1 heterocycles. The van der Waals surface area contributed by atoms with Crippen molar-refractivity contribution in [1.29, 1.82) is 5.26 Å². The molecule has 2 nitrogen and oxygen atoms in total. The molecular formula is C12H8Cl2N2S. The topological polar surface area (TPSA) is 35.8 Å². The molecule has 0 aliphatic rings. The lowest BCUT2D eigenvalue weighted by atomic mass is 10.3. The molecule has 0 bridgehead atoms. The van der Waals surface area contributed by atoms with Crippen LogP contribution in [0.15, 0.2) is 29.6 Å². The maximum absolute atomic E-state index is 8.72. The third-order valence-electron chi connectivity index (χ3n) is 2.19. The van der Waals surface area contributed by atoms with Crippen molar-refractivity contribution in [2.45, 2.75) is 6.54 Å². The molecule has 0 saturated carbocycles. The molecule has 17 heavy (non-hydrogen) atoms. The van der Waals surface area contributed by atoms with Gasteiger partial charge >= 0.3 is 0 Å². The number of halogens is 2. The summed E-state index contributed by atoms with van der Waals surface area (Å²) in [4.78, 5) is 1.07. The van der Waals surface area contributed by atoms with Gasteiger partial charge in [0.05, 0.1) is 21.3 Å². The Kier molecular flexibility index (Phi) is 3.90. The fourth-order valence-electron chi connectivity index (χ4n) is 1.37. The number of hydrogen-bond acceptors (Lipinski definition) is 3. The zero-order valence-electron chi connectivity index (χ0n) is 8.71. The number of para-hydroxylation sites is 1. The molecule has 0 radical (unpaired) electrons. The van der Waals surface area contributed by atoms with Gasteiger partial charge < -0.3 is 5.32 Å². The van der Waals surface area contributed by atoms with Crippen LogP contribution in [-0.4, -0.2) is 0 Å². The van der Waals surface area contributed by atoms with Gasteiger partial charge in [-0.25, -0.2) is 0 Å². The van der Waals surface area contributed by atoms with Crippen molar-refractivity contribution < 1.29 is 0 Å². The Balaban J connectivity index is 2.10. The van der Waals surface area contributed by atoms with E-state index in [9.17, 15) is 0 Å². The Hall–Kier alpha value is -1.21. The van der Waals surface area contributed by atoms with Crippen molar-refractivity contribution >= 4 is 40.2 Å². The number of nitriles is 1. The third-order valence-corrected chi connectivity index (χ3v) is 3.75. The summed E-state index contributed by atoms with van der Waals surface area (Å²) in [5.74, 6) is 0. The smallest absolute Gasteiger partial charge is 0.100 e. The molecule has 0 aliphatic heterocycles. The Morgan fingerprint density at radius 2 is 2.00 bits per heavy atom. The summed E-state index contributed by atoms with van der Waals surface area (Å²) in [6, 6.07) is 9.31. The molecule has 0 spiro atoms. The quantitative estimate of drug-likeness (QED) is 0.897. The van der Waals surface area contributed by atoms with E-state index in [0.29, 0.717) is 22.2 Å². The first-order valence-electron chi connectivity index (χ1n) is 4.86. The summed E-state index contributed by atoms with van der Waals surface area (Å²) in [6.45, 7) is 0.607. The molecule has 0 amide bonds. The summed E-state index contributed by atoms with van der Waals surface area (Å²) in [6.07, 6.45) is 0. The van der Waals surface area contributed by atoms with E-state index in [1.54, 1.807) is 18.2 Å². The molecule has 86 valence electrons. The van der Waals surface area contributed by atoms with Crippen LogP contribution in [0.2, 0.25) is 10.0 Å². The number of rotatable bonds is 3. The lowest BCUT2D eigenvalue weighted by Crippen LogP contribution is -1.98. The van der Waals surface area contributed by atoms with Crippen LogP contribution < -0.4 is 5.32 Å². The molecule has 0 unspecified atom stereocenters. The third kappa shape index (κ3) is 2.92. The molecule has 1 N–H and O–H groups in total. The molecule has 2 rings (SSSR count). The first-order chi connectivity index (χ1) is 8.20. The fraction of sp³-hybridized carbons (Fsp3) is 0.0833. The van der Waals surface area contributed by atoms with E-state index in [0.717, 1.165) is 10.6 Å². The maximum atomic E-state index is 8.72. The van der Waals surface area contributed by atoms with Crippen molar-refractivity contribution in [3.8, 4) is 6.07 Å². The molecule has 1 aromatic carbocycles. The number of thiophene rings is 1. The number of nitrogens with one attached hydrogen (secondary N) is 1. The highest BCUT2D eigenvalue weighted by atomic mass is 35.5. The summed E-state index contributed by atoms with van der Waals surface area (Å²) < 4.78 is 0. The molecule has 0 fully saturated rings. The van der Waals surface area contributed by atoms with Gasteiger partial charge in [-0.3, -0.25) is 0 Å². The van der Waals surface area contributed by atoms with Crippen molar-refractivity contribution in [3.63, 3.8) is 0 Å². The molecule has 2 aromatic rings. The second-order valence-electron chi connectivity index (χ2n) is 3.36. The van der Waals surface area contributed by atoms with E-state index < -0.39 is 0 Å². The molecule has 0 saturated heterocycles. The van der Waals surface area contributed by atoms with Crippen LogP contribution in [0.5, 0.6) is 0 Å². The highest BCUT2D eigenvalue weighted by Crippen LogP contribution is 2.30. The van der Waals surface area contributed by atoms with Gasteiger partial charge in [0, 0.05) is 16.8 Å². The summed E-state index contributed by atoms with van der Waals surface area (Å²) >= 11 is 13.6. The molecule has 0 atom stereocenters. The second-order valence-corrected chi connectivity index (χ2v) is 5.17. The van der Waals surface area contributed by atoms with Gasteiger partial charge in [-0.2, -0.15) is 5.26 Å². The highest BCUT2D eigenvalue weighted by Gasteiger charge is 2.05. The predicted octanol–water partition coefficient (Wildman–Crippen LogP) is 4.54. The lowest BCUT2D eigenvalue weighted by molar-refractivity contribution is 1.19. The zero-order chi connectivity index (χ0) is 12.3. The Morgan fingerprint density at radius 3 is 2.59 bits per heavy atom. The highest BCUT2D eigenvalue weighted by molar-refractivity contribution is 7.10. The average molecular weight is 283 g/mol. The van der Waals surface area contributed by atoms with Gasteiger partial charge in [0.1, 0.15) is 6.07 Å². The van der Waals surface area contributed by atoms with Gasteiger partial charge in [-0.05, 0) is 18.2 Å². The van der Waals surface area contributed by atoms with Gasteiger partial charge in [0.2, 0.25) is 0 Å². The van der Waals surface area contributed by atoms with Crippen LogP contribution in [0.1, 0.15) is 10.4 Å². The minimum absolute atomic E-state index is 0.592. The van der Waals surface area contributed by atoms with Crippen LogP contribution in [0.3, 0.4) is 0 Å². The average Bonchev–Trinajstić information content (AvgIpc) is 2.76. The largest absolute Gasteiger partial charge is 0.378 e. The predicted molar refractivity (Wildman–Crippen MR) is 72.8 cm³/mol. The van der Waals surface area contributed by atoms with E-state index >= 15 is 0 Å².